The van der Waals surface area contributed by atoms with E-state index in [1.165, 1.54) is 11.3 Å². The quantitative estimate of drug-likeness (QED) is 0.875. The van der Waals surface area contributed by atoms with Gasteiger partial charge in [-0.25, -0.2) is 0 Å². The first-order valence-electron chi connectivity index (χ1n) is 5.23. The van der Waals surface area contributed by atoms with Crippen LogP contribution in [0.5, 0.6) is 5.75 Å². The van der Waals surface area contributed by atoms with E-state index in [0.717, 1.165) is 11.3 Å². The van der Waals surface area contributed by atoms with Gasteiger partial charge in [-0.2, -0.15) is 0 Å². The molecule has 0 spiro atoms. The third kappa shape index (κ3) is 2.77. The second-order valence-corrected chi connectivity index (χ2v) is 5.38. The molecule has 0 unspecified atom stereocenters. The Balaban J connectivity index is 2.22. The number of carbonyl (C=O) groups excluding carboxylic acids is 1. The van der Waals surface area contributed by atoms with Gasteiger partial charge in [-0.3, -0.25) is 4.79 Å². The number of thiazole rings is 1. The van der Waals surface area contributed by atoms with Crippen molar-refractivity contribution in [1.29, 1.82) is 0 Å². The highest BCUT2D eigenvalue weighted by atomic mass is 32.1. The summed E-state index contributed by atoms with van der Waals surface area (Å²) in [7, 11) is 1.63. The van der Waals surface area contributed by atoms with Gasteiger partial charge in [0, 0.05) is 12.7 Å². The number of nitrogens with two attached hydrogens (primary N) is 1. The molecule has 0 saturated carbocycles. The molecule has 2 aromatic rings. The van der Waals surface area contributed by atoms with E-state index >= 15 is 0 Å². The van der Waals surface area contributed by atoms with Gasteiger partial charge < -0.3 is 15.0 Å². The summed E-state index contributed by atoms with van der Waals surface area (Å²) < 4.78 is 7.57. The first-order chi connectivity index (χ1) is 8.60. The molecule has 0 aliphatic rings. The zero-order valence-electron chi connectivity index (χ0n) is 9.75. The van der Waals surface area contributed by atoms with Crippen LogP contribution in [0.25, 0.3) is 0 Å². The third-order valence-corrected chi connectivity index (χ3v) is 3.88. The Morgan fingerprint density at radius 1 is 1.44 bits per heavy atom. The average molecular weight is 280 g/mol. The van der Waals surface area contributed by atoms with Crippen LogP contribution < -0.4 is 10.5 Å². The van der Waals surface area contributed by atoms with Crippen molar-refractivity contribution in [1.82, 2.24) is 4.57 Å². The van der Waals surface area contributed by atoms with Gasteiger partial charge in [0.15, 0.2) is 3.95 Å². The Labute approximate surface area is 114 Å². The van der Waals surface area contributed by atoms with Gasteiger partial charge in [0.25, 0.3) is 5.91 Å². The monoisotopic (exact) mass is 280 g/mol. The van der Waals surface area contributed by atoms with E-state index in [1.54, 1.807) is 13.3 Å². The Morgan fingerprint density at radius 2 is 2.11 bits per heavy atom. The number of hydrogen-bond acceptors (Lipinski definition) is 4. The van der Waals surface area contributed by atoms with Gasteiger partial charge in [0.2, 0.25) is 0 Å². The molecule has 18 heavy (non-hydrogen) atoms. The predicted octanol–water partition coefficient (Wildman–Crippen LogP) is 2.43. The highest BCUT2D eigenvalue weighted by Gasteiger charge is 2.06. The smallest absolute Gasteiger partial charge is 0.260 e. The zero-order chi connectivity index (χ0) is 13.1. The van der Waals surface area contributed by atoms with Crippen molar-refractivity contribution in [2.75, 3.05) is 7.11 Å². The molecule has 0 bridgehead atoms. The minimum absolute atomic E-state index is 0.445. The second kappa shape index (κ2) is 5.32. The van der Waals surface area contributed by atoms with E-state index in [4.69, 9.17) is 22.7 Å². The molecule has 1 heterocycles. The van der Waals surface area contributed by atoms with Crippen LogP contribution in [0.3, 0.4) is 0 Å². The fourth-order valence-corrected chi connectivity index (χ4v) is 2.61. The lowest BCUT2D eigenvalue weighted by molar-refractivity contribution is 0.100. The third-order valence-electron chi connectivity index (χ3n) is 2.46. The molecule has 4 nitrogen and oxygen atoms in total. The molecule has 94 valence electrons. The number of methoxy groups -OCH3 is 1. The molecule has 0 saturated heterocycles. The molecular weight excluding hydrogens is 268 g/mol. The standard InChI is InChI=1S/C12H12N2O2S2/c1-16-9-4-2-8(3-5-9)6-14-7-10(11(13)15)18-12(14)17/h2-5,7H,6H2,1H3,(H2,13,15). The normalized spacial score (nSPS) is 10.3. The van der Waals surface area contributed by atoms with Gasteiger partial charge in [-0.05, 0) is 29.9 Å². The van der Waals surface area contributed by atoms with Crippen LogP contribution in [0.1, 0.15) is 15.2 Å². The number of aromatic nitrogens is 1. The molecule has 6 heteroatoms. The van der Waals surface area contributed by atoms with Crippen LogP contribution >= 0.6 is 23.6 Å². The summed E-state index contributed by atoms with van der Waals surface area (Å²) >= 11 is 6.42. The molecule has 1 amide bonds. The molecule has 0 aliphatic heterocycles. The zero-order valence-corrected chi connectivity index (χ0v) is 11.4. The molecule has 0 atom stereocenters. The first kappa shape index (κ1) is 12.8. The Kier molecular flexibility index (Phi) is 3.78. The number of primary amides is 1. The minimum Gasteiger partial charge on any atom is -0.497 e. The van der Waals surface area contributed by atoms with Gasteiger partial charge in [0.1, 0.15) is 10.6 Å². The fourth-order valence-electron chi connectivity index (χ4n) is 1.53. The average Bonchev–Trinajstić information content (AvgIpc) is 2.72. The Morgan fingerprint density at radius 3 is 2.61 bits per heavy atom. The summed E-state index contributed by atoms with van der Waals surface area (Å²) in [5.41, 5.74) is 6.31. The number of rotatable bonds is 4. The van der Waals surface area contributed by atoms with E-state index in [0.29, 0.717) is 15.4 Å². The topological polar surface area (TPSA) is 57.2 Å². The van der Waals surface area contributed by atoms with Gasteiger partial charge in [-0.15, -0.1) is 0 Å². The highest BCUT2D eigenvalue weighted by molar-refractivity contribution is 7.73. The number of carbonyl (C=O) groups is 1. The van der Waals surface area contributed by atoms with Crippen molar-refractivity contribution in [2.45, 2.75) is 6.54 Å². The Hall–Kier alpha value is -1.66. The lowest BCUT2D eigenvalue weighted by atomic mass is 10.2. The van der Waals surface area contributed by atoms with Crippen LogP contribution in [0, 0.1) is 3.95 Å². The molecule has 0 fully saturated rings. The minimum atomic E-state index is -0.445. The van der Waals surface area contributed by atoms with Gasteiger partial charge in [-0.1, -0.05) is 23.5 Å². The van der Waals surface area contributed by atoms with E-state index in [9.17, 15) is 4.79 Å². The van der Waals surface area contributed by atoms with Crippen molar-refractivity contribution in [3.8, 4) is 5.75 Å². The van der Waals surface area contributed by atoms with E-state index in [2.05, 4.69) is 0 Å². The van der Waals surface area contributed by atoms with Gasteiger partial charge in [0.05, 0.1) is 7.11 Å². The second-order valence-electron chi connectivity index (χ2n) is 3.70. The first-order valence-corrected chi connectivity index (χ1v) is 6.45. The maximum Gasteiger partial charge on any atom is 0.260 e. The predicted molar refractivity (Wildman–Crippen MR) is 73.8 cm³/mol. The van der Waals surface area contributed by atoms with Crippen molar-refractivity contribution in [2.24, 2.45) is 5.73 Å². The summed E-state index contributed by atoms with van der Waals surface area (Å²) in [5, 5.41) is 0. The molecule has 2 N–H and O–H groups in total. The maximum absolute atomic E-state index is 11.1. The van der Waals surface area contributed by atoms with Crippen LogP contribution in [0.2, 0.25) is 0 Å². The number of amides is 1. The van der Waals surface area contributed by atoms with Crippen LogP contribution in [0.4, 0.5) is 0 Å². The van der Waals surface area contributed by atoms with Crippen molar-refractivity contribution < 1.29 is 9.53 Å². The molecule has 1 aromatic carbocycles. The van der Waals surface area contributed by atoms with E-state index in [-0.39, 0.29) is 0 Å². The summed E-state index contributed by atoms with van der Waals surface area (Å²) in [4.78, 5) is 11.5. The van der Waals surface area contributed by atoms with Crippen LogP contribution in [-0.4, -0.2) is 17.6 Å². The summed E-state index contributed by atoms with van der Waals surface area (Å²) in [6, 6.07) is 7.70. The van der Waals surface area contributed by atoms with Crippen LogP contribution in [0.15, 0.2) is 30.5 Å². The fraction of sp³-hybridized carbons (Fsp3) is 0.167. The lowest BCUT2D eigenvalue weighted by Crippen LogP contribution is -2.09. The van der Waals surface area contributed by atoms with Gasteiger partial charge >= 0.3 is 0 Å². The van der Waals surface area contributed by atoms with E-state index in [1.807, 2.05) is 28.8 Å². The number of benzene rings is 1. The lowest BCUT2D eigenvalue weighted by Gasteiger charge is -2.04. The number of hydrogen-bond donors (Lipinski definition) is 1. The SMILES string of the molecule is COc1ccc(Cn2cc(C(N)=O)sc2=S)cc1. The maximum atomic E-state index is 11.1. The number of nitrogens with zero attached hydrogens (tertiary/aromatic N) is 1. The van der Waals surface area contributed by atoms with Crippen molar-refractivity contribution in [3.63, 3.8) is 0 Å². The van der Waals surface area contributed by atoms with Crippen LogP contribution in [-0.2, 0) is 6.54 Å². The van der Waals surface area contributed by atoms with Crippen molar-refractivity contribution >= 4 is 29.5 Å². The molecule has 0 aliphatic carbocycles. The molecule has 0 radical (unpaired) electrons. The molecule has 2 rings (SSSR count). The Bertz CT molecular complexity index is 614. The number of ether oxygens (including phenoxy) is 1. The summed E-state index contributed by atoms with van der Waals surface area (Å²) in [5.74, 6) is 0.366. The summed E-state index contributed by atoms with van der Waals surface area (Å²) in [6.45, 7) is 0.618. The largest absolute Gasteiger partial charge is 0.497 e. The highest BCUT2D eigenvalue weighted by Crippen LogP contribution is 2.16. The molecule has 1 aromatic heterocycles. The molecular formula is C12H12N2O2S2. The van der Waals surface area contributed by atoms with Crippen molar-refractivity contribution in [3.05, 3.63) is 44.9 Å². The summed E-state index contributed by atoms with van der Waals surface area (Å²) in [6.07, 6.45) is 1.69. The van der Waals surface area contributed by atoms with E-state index < -0.39 is 5.91 Å².